The third-order valence-corrected chi connectivity index (χ3v) is 11.1. The van der Waals surface area contributed by atoms with Crippen LogP contribution >= 0.6 is 11.8 Å². The second-order valence-corrected chi connectivity index (χ2v) is 13.6. The fourth-order valence-electron chi connectivity index (χ4n) is 7.76. The maximum atomic E-state index is 5.00. The van der Waals surface area contributed by atoms with Gasteiger partial charge in [0.25, 0.3) is 0 Å². The summed E-state index contributed by atoms with van der Waals surface area (Å²) in [6.07, 6.45) is 1.77. The summed E-state index contributed by atoms with van der Waals surface area (Å²) in [7, 11) is 0. The molecule has 6 aromatic carbocycles. The number of aromatic nitrogens is 4. The molecule has 0 fully saturated rings. The summed E-state index contributed by atoms with van der Waals surface area (Å²) < 4.78 is 0. The molecule has 0 saturated heterocycles. The Bertz CT molecular complexity index is 2480. The maximum absolute atomic E-state index is 5.00. The molecule has 1 aliphatic carbocycles. The van der Waals surface area contributed by atoms with Crippen LogP contribution in [0.4, 0.5) is 0 Å². The highest BCUT2D eigenvalue weighted by atomic mass is 32.2. The predicted molar refractivity (Wildman–Crippen MR) is 201 cm³/mol. The Morgan fingerprint density at radius 2 is 0.960 bits per heavy atom. The third kappa shape index (κ3) is 4.34. The molecule has 234 valence electrons. The van der Waals surface area contributed by atoms with Gasteiger partial charge in [0.05, 0.1) is 5.41 Å². The van der Waals surface area contributed by atoms with Crippen molar-refractivity contribution in [3.05, 3.63) is 192 Å². The molecule has 3 heterocycles. The lowest BCUT2D eigenvalue weighted by molar-refractivity contribution is 0.723. The number of fused-ring (bicyclic) bond motifs is 9. The van der Waals surface area contributed by atoms with E-state index in [4.69, 9.17) is 15.0 Å². The summed E-state index contributed by atoms with van der Waals surface area (Å²) in [6.45, 7) is 0. The van der Waals surface area contributed by atoms with Crippen LogP contribution in [0.15, 0.2) is 180 Å². The van der Waals surface area contributed by atoms with Crippen LogP contribution in [0.3, 0.4) is 0 Å². The van der Waals surface area contributed by atoms with Crippen LogP contribution in [0.5, 0.6) is 0 Å². The van der Waals surface area contributed by atoms with Gasteiger partial charge in [0.2, 0.25) is 0 Å². The molecular weight excluding hydrogens is 629 g/mol. The zero-order valence-corrected chi connectivity index (χ0v) is 27.7. The van der Waals surface area contributed by atoms with Crippen LogP contribution in [0.25, 0.3) is 56.5 Å². The number of pyridine rings is 1. The van der Waals surface area contributed by atoms with Crippen molar-refractivity contribution in [1.82, 2.24) is 19.9 Å². The molecule has 2 aromatic heterocycles. The van der Waals surface area contributed by atoms with Gasteiger partial charge in [-0.3, -0.25) is 4.98 Å². The zero-order chi connectivity index (χ0) is 33.1. The van der Waals surface area contributed by atoms with Gasteiger partial charge in [0, 0.05) is 27.1 Å². The van der Waals surface area contributed by atoms with E-state index in [-0.39, 0.29) is 0 Å². The fourth-order valence-corrected chi connectivity index (χ4v) is 9.09. The first kappa shape index (κ1) is 28.8. The minimum Gasteiger partial charge on any atom is -0.253 e. The average Bonchev–Trinajstić information content (AvgIpc) is 3.49. The summed E-state index contributed by atoms with van der Waals surface area (Å²) in [6, 6.07) is 58.1. The Morgan fingerprint density at radius 1 is 0.400 bits per heavy atom. The van der Waals surface area contributed by atoms with Gasteiger partial charge in [0.1, 0.15) is 5.69 Å². The highest BCUT2D eigenvalue weighted by Gasteiger charge is 2.50. The molecule has 0 bridgehead atoms. The van der Waals surface area contributed by atoms with Gasteiger partial charge in [-0.05, 0) is 68.8 Å². The summed E-state index contributed by atoms with van der Waals surface area (Å²) in [4.78, 5) is 21.9. The molecule has 0 atom stereocenters. The van der Waals surface area contributed by atoms with Crippen LogP contribution in [-0.2, 0) is 5.41 Å². The molecule has 0 unspecified atom stereocenters. The lowest BCUT2D eigenvalue weighted by Crippen LogP contribution is -2.32. The van der Waals surface area contributed by atoms with Gasteiger partial charge in [-0.1, -0.05) is 151 Å². The minimum atomic E-state index is -0.422. The molecule has 5 heteroatoms. The Hall–Kier alpha value is -6.17. The molecule has 0 saturated carbocycles. The van der Waals surface area contributed by atoms with Crippen molar-refractivity contribution >= 4 is 11.8 Å². The summed E-state index contributed by atoms with van der Waals surface area (Å²) >= 11 is 1.87. The van der Waals surface area contributed by atoms with Crippen molar-refractivity contribution in [2.45, 2.75) is 15.2 Å². The Balaban J connectivity index is 1.18. The number of hydrogen-bond acceptors (Lipinski definition) is 5. The standard InChI is InChI=1S/C45H28N4S/c1-2-14-29(15-3-1)42-47-43(49-44(48-42)39-25-10-11-27-46-39)31-17-12-16-30(28-31)32-20-13-24-38-41(32)50-40-26-9-8-23-37(40)45(38)35-21-6-4-18-33(35)34-19-5-7-22-36(34)45/h1-28H. The SMILES string of the molecule is c1ccc(-c2nc(-c3cccc(-c4cccc5c4Sc4ccccc4C54c5ccccc5-c5ccccc54)c3)nc(-c3ccccn3)n2)cc1. The summed E-state index contributed by atoms with van der Waals surface area (Å²) in [5.74, 6) is 1.77. The number of benzene rings is 6. The molecule has 2 aliphatic rings. The second kappa shape index (κ2) is 11.5. The van der Waals surface area contributed by atoms with E-state index in [2.05, 4.69) is 120 Å². The van der Waals surface area contributed by atoms with Crippen molar-refractivity contribution in [2.75, 3.05) is 0 Å². The third-order valence-electron chi connectivity index (χ3n) is 9.87. The van der Waals surface area contributed by atoms with Gasteiger partial charge in [-0.2, -0.15) is 0 Å². The number of hydrogen-bond donors (Lipinski definition) is 0. The molecule has 50 heavy (non-hydrogen) atoms. The quantitative estimate of drug-likeness (QED) is 0.189. The van der Waals surface area contributed by atoms with Gasteiger partial charge < -0.3 is 0 Å². The van der Waals surface area contributed by atoms with Crippen LogP contribution in [0, 0.1) is 0 Å². The normalized spacial score (nSPS) is 13.3. The number of nitrogens with zero attached hydrogens (tertiary/aromatic N) is 4. The first-order chi connectivity index (χ1) is 24.8. The van der Waals surface area contributed by atoms with E-state index >= 15 is 0 Å². The van der Waals surface area contributed by atoms with E-state index in [0.29, 0.717) is 23.2 Å². The van der Waals surface area contributed by atoms with Crippen molar-refractivity contribution in [1.29, 1.82) is 0 Å². The Kier molecular flexibility index (Phi) is 6.61. The smallest absolute Gasteiger partial charge is 0.182 e. The predicted octanol–water partition coefficient (Wildman–Crippen LogP) is 10.8. The van der Waals surface area contributed by atoms with Crippen molar-refractivity contribution in [3.8, 4) is 56.5 Å². The summed E-state index contributed by atoms with van der Waals surface area (Å²) in [5, 5.41) is 0. The highest BCUT2D eigenvalue weighted by molar-refractivity contribution is 7.99. The van der Waals surface area contributed by atoms with Crippen molar-refractivity contribution < 1.29 is 0 Å². The van der Waals surface area contributed by atoms with Gasteiger partial charge >= 0.3 is 0 Å². The first-order valence-corrected chi connectivity index (χ1v) is 17.5. The molecule has 0 amide bonds. The monoisotopic (exact) mass is 656 g/mol. The topological polar surface area (TPSA) is 51.6 Å². The molecule has 0 radical (unpaired) electrons. The van der Waals surface area contributed by atoms with E-state index in [1.165, 1.54) is 48.7 Å². The van der Waals surface area contributed by atoms with Gasteiger partial charge in [-0.25, -0.2) is 15.0 Å². The molecular formula is C45H28N4S. The maximum Gasteiger partial charge on any atom is 0.182 e. The van der Waals surface area contributed by atoms with Crippen LogP contribution in [0.2, 0.25) is 0 Å². The van der Waals surface area contributed by atoms with Crippen molar-refractivity contribution in [3.63, 3.8) is 0 Å². The summed E-state index contributed by atoms with van der Waals surface area (Å²) in [5.41, 5.74) is 12.4. The lowest BCUT2D eigenvalue weighted by Gasteiger charge is -2.40. The van der Waals surface area contributed by atoms with E-state index in [9.17, 15) is 0 Å². The molecule has 0 N–H and O–H groups in total. The van der Waals surface area contributed by atoms with E-state index < -0.39 is 5.41 Å². The van der Waals surface area contributed by atoms with E-state index in [0.717, 1.165) is 16.7 Å². The minimum absolute atomic E-state index is 0.422. The molecule has 1 spiro atoms. The van der Waals surface area contributed by atoms with E-state index in [1.807, 2.05) is 60.3 Å². The average molecular weight is 657 g/mol. The van der Waals surface area contributed by atoms with Crippen LogP contribution in [-0.4, -0.2) is 19.9 Å². The lowest BCUT2D eigenvalue weighted by atomic mass is 9.67. The molecule has 1 aliphatic heterocycles. The highest BCUT2D eigenvalue weighted by Crippen LogP contribution is 2.63. The van der Waals surface area contributed by atoms with E-state index in [1.54, 1.807) is 6.20 Å². The second-order valence-electron chi connectivity index (χ2n) is 12.6. The Labute approximate surface area is 294 Å². The Morgan fingerprint density at radius 3 is 1.72 bits per heavy atom. The number of rotatable bonds is 4. The molecule has 8 aromatic rings. The van der Waals surface area contributed by atoms with Gasteiger partial charge in [0.15, 0.2) is 17.5 Å². The molecule has 10 rings (SSSR count). The largest absolute Gasteiger partial charge is 0.253 e. The van der Waals surface area contributed by atoms with Crippen LogP contribution in [0.1, 0.15) is 22.3 Å². The van der Waals surface area contributed by atoms with Crippen LogP contribution < -0.4 is 0 Å². The van der Waals surface area contributed by atoms with Gasteiger partial charge in [-0.15, -0.1) is 0 Å². The fraction of sp³-hybridized carbons (Fsp3) is 0.0222. The first-order valence-electron chi connectivity index (χ1n) is 16.7. The molecule has 4 nitrogen and oxygen atoms in total. The van der Waals surface area contributed by atoms with Crippen molar-refractivity contribution in [2.24, 2.45) is 0 Å². The zero-order valence-electron chi connectivity index (χ0n) is 26.9.